The quantitative estimate of drug-likeness (QED) is 0.929. The topological polar surface area (TPSA) is 66.3 Å². The molecule has 2 aromatic rings. The van der Waals surface area contributed by atoms with E-state index in [0.29, 0.717) is 5.56 Å². The summed E-state index contributed by atoms with van der Waals surface area (Å²) in [5.41, 5.74) is 0.286. The summed E-state index contributed by atoms with van der Waals surface area (Å²) in [5, 5.41) is 0. The van der Waals surface area contributed by atoms with E-state index < -0.39 is 0 Å². The molecule has 1 atom stereocenters. The van der Waals surface area contributed by atoms with Gasteiger partial charge in [-0.15, -0.1) is 0 Å². The molecule has 0 aromatic carbocycles. The third kappa shape index (κ3) is 2.39. The van der Waals surface area contributed by atoms with E-state index in [1.807, 2.05) is 24.0 Å². The number of furan rings is 1. The van der Waals surface area contributed by atoms with Crippen LogP contribution in [0.4, 0.5) is 0 Å². The predicted octanol–water partition coefficient (Wildman–Crippen LogP) is 2.33. The maximum Gasteiger partial charge on any atom is 0.256 e. The molecule has 1 amide bonds. The monoisotopic (exact) mass is 272 g/mol. The molecular weight excluding hydrogens is 256 g/mol. The molecule has 0 radical (unpaired) electrons. The summed E-state index contributed by atoms with van der Waals surface area (Å²) >= 11 is 0. The van der Waals surface area contributed by atoms with Gasteiger partial charge in [0.2, 0.25) is 5.56 Å². The van der Waals surface area contributed by atoms with Gasteiger partial charge in [0.25, 0.3) is 5.91 Å². The van der Waals surface area contributed by atoms with Gasteiger partial charge in [-0.1, -0.05) is 0 Å². The number of nitrogens with zero attached hydrogens (tertiary/aromatic N) is 1. The maximum atomic E-state index is 12.6. The lowest BCUT2D eigenvalue weighted by molar-refractivity contribution is 0.0652. The van der Waals surface area contributed by atoms with Crippen molar-refractivity contribution in [1.82, 2.24) is 9.88 Å². The molecule has 1 aliphatic rings. The van der Waals surface area contributed by atoms with Crippen LogP contribution in [-0.2, 0) is 0 Å². The molecule has 0 unspecified atom stereocenters. The Bertz CT molecular complexity index is 636. The van der Waals surface area contributed by atoms with Crippen LogP contribution in [0.5, 0.6) is 0 Å². The Morgan fingerprint density at radius 3 is 2.75 bits per heavy atom. The molecule has 0 saturated heterocycles. The van der Waals surface area contributed by atoms with Crippen molar-refractivity contribution in [2.24, 2.45) is 0 Å². The van der Waals surface area contributed by atoms with Crippen LogP contribution in [0.2, 0.25) is 0 Å². The average Bonchev–Trinajstić information content (AvgIpc) is 3.12. The Hall–Kier alpha value is -2.30. The molecule has 1 aliphatic carbocycles. The summed E-state index contributed by atoms with van der Waals surface area (Å²) in [6, 6.07) is 6.77. The highest BCUT2D eigenvalue weighted by atomic mass is 16.3. The van der Waals surface area contributed by atoms with Crippen molar-refractivity contribution in [3.05, 3.63) is 58.4 Å². The Morgan fingerprint density at radius 2 is 2.20 bits per heavy atom. The van der Waals surface area contributed by atoms with E-state index in [2.05, 4.69) is 4.98 Å². The van der Waals surface area contributed by atoms with Crippen LogP contribution in [-0.4, -0.2) is 21.8 Å². The smallest absolute Gasteiger partial charge is 0.256 e. The number of H-pyrrole nitrogens is 1. The van der Waals surface area contributed by atoms with Crippen LogP contribution in [0, 0.1) is 0 Å². The van der Waals surface area contributed by atoms with Crippen molar-refractivity contribution in [3.63, 3.8) is 0 Å². The van der Waals surface area contributed by atoms with Gasteiger partial charge in [0.05, 0.1) is 17.9 Å². The van der Waals surface area contributed by atoms with E-state index in [1.165, 1.54) is 12.3 Å². The average molecular weight is 272 g/mol. The number of hydrogen-bond donors (Lipinski definition) is 1. The summed E-state index contributed by atoms with van der Waals surface area (Å²) in [6.45, 7) is 1.96. The molecule has 0 spiro atoms. The van der Waals surface area contributed by atoms with Gasteiger partial charge in [0, 0.05) is 18.3 Å². The predicted molar refractivity (Wildman–Crippen MR) is 73.4 cm³/mol. The second kappa shape index (κ2) is 5.00. The minimum atomic E-state index is -0.210. The van der Waals surface area contributed by atoms with E-state index in [4.69, 9.17) is 4.42 Å². The number of hydrogen-bond acceptors (Lipinski definition) is 3. The van der Waals surface area contributed by atoms with Crippen LogP contribution in [0.3, 0.4) is 0 Å². The highest BCUT2D eigenvalue weighted by molar-refractivity contribution is 5.94. The van der Waals surface area contributed by atoms with Crippen molar-refractivity contribution in [1.29, 1.82) is 0 Å². The van der Waals surface area contributed by atoms with Crippen LogP contribution < -0.4 is 5.56 Å². The van der Waals surface area contributed by atoms with Crippen LogP contribution in [0.25, 0.3) is 0 Å². The highest BCUT2D eigenvalue weighted by Crippen LogP contribution is 2.35. The minimum absolute atomic E-state index is 0.0762. The second-order valence-corrected chi connectivity index (χ2v) is 5.08. The third-order valence-corrected chi connectivity index (χ3v) is 3.58. The van der Waals surface area contributed by atoms with Gasteiger partial charge in [-0.3, -0.25) is 9.59 Å². The first kappa shape index (κ1) is 12.7. The number of amides is 1. The maximum absolute atomic E-state index is 12.6. The van der Waals surface area contributed by atoms with E-state index in [9.17, 15) is 9.59 Å². The fourth-order valence-corrected chi connectivity index (χ4v) is 2.37. The molecule has 5 heteroatoms. The van der Waals surface area contributed by atoms with Crippen molar-refractivity contribution >= 4 is 5.91 Å². The van der Waals surface area contributed by atoms with Crippen LogP contribution in [0.15, 0.2) is 45.9 Å². The first-order chi connectivity index (χ1) is 9.66. The second-order valence-electron chi connectivity index (χ2n) is 5.08. The molecule has 0 bridgehead atoms. The SMILES string of the molecule is C[C@H](c1ccco1)N(C(=O)c1ccc(=O)[nH]c1)C1CC1. The zero-order chi connectivity index (χ0) is 14.1. The molecule has 20 heavy (non-hydrogen) atoms. The van der Waals surface area contributed by atoms with Crippen molar-refractivity contribution in [2.45, 2.75) is 31.8 Å². The molecule has 5 nitrogen and oxygen atoms in total. The minimum Gasteiger partial charge on any atom is -0.467 e. The summed E-state index contributed by atoms with van der Waals surface area (Å²) in [6.07, 6.45) is 5.11. The molecule has 2 aromatic heterocycles. The largest absolute Gasteiger partial charge is 0.467 e. The summed E-state index contributed by atoms with van der Waals surface area (Å²) in [7, 11) is 0. The van der Waals surface area contributed by atoms with Gasteiger partial charge in [0.15, 0.2) is 0 Å². The van der Waals surface area contributed by atoms with Gasteiger partial charge in [0.1, 0.15) is 5.76 Å². The number of aromatic nitrogens is 1. The van der Waals surface area contributed by atoms with Gasteiger partial charge in [-0.2, -0.15) is 0 Å². The highest BCUT2D eigenvalue weighted by Gasteiger charge is 2.37. The number of carbonyl (C=O) groups excluding carboxylic acids is 1. The van der Waals surface area contributed by atoms with Crippen LogP contribution >= 0.6 is 0 Å². The standard InChI is InChI=1S/C15H16N2O3/c1-10(13-3-2-8-20-13)17(12-5-6-12)15(19)11-4-7-14(18)16-9-11/h2-4,7-10,12H,5-6H2,1H3,(H,16,18)/t10-/m1/s1. The molecule has 1 saturated carbocycles. The fraction of sp³-hybridized carbons (Fsp3) is 0.333. The lowest BCUT2D eigenvalue weighted by Gasteiger charge is -2.28. The van der Waals surface area contributed by atoms with Gasteiger partial charge >= 0.3 is 0 Å². The van der Waals surface area contributed by atoms with E-state index in [1.54, 1.807) is 12.3 Å². The normalized spacial score (nSPS) is 15.8. The number of nitrogens with one attached hydrogen (secondary N) is 1. The molecule has 2 heterocycles. The van der Waals surface area contributed by atoms with E-state index in [0.717, 1.165) is 18.6 Å². The fourth-order valence-electron chi connectivity index (χ4n) is 2.37. The van der Waals surface area contributed by atoms with Crippen LogP contribution in [0.1, 0.15) is 41.9 Å². The Morgan fingerprint density at radius 1 is 1.40 bits per heavy atom. The van der Waals surface area contributed by atoms with E-state index in [-0.39, 0.29) is 23.6 Å². The van der Waals surface area contributed by atoms with Gasteiger partial charge in [-0.25, -0.2) is 0 Å². The van der Waals surface area contributed by atoms with Crippen molar-refractivity contribution in [3.8, 4) is 0 Å². The summed E-state index contributed by atoms with van der Waals surface area (Å²) < 4.78 is 5.41. The van der Waals surface area contributed by atoms with Crippen molar-refractivity contribution in [2.75, 3.05) is 0 Å². The first-order valence-electron chi connectivity index (χ1n) is 6.71. The van der Waals surface area contributed by atoms with Crippen molar-refractivity contribution < 1.29 is 9.21 Å². The molecular formula is C15H16N2O3. The first-order valence-corrected chi connectivity index (χ1v) is 6.71. The molecule has 1 N–H and O–H groups in total. The van der Waals surface area contributed by atoms with Gasteiger partial charge in [-0.05, 0) is 38.0 Å². The Labute approximate surface area is 116 Å². The Kier molecular flexibility index (Phi) is 3.18. The Balaban J connectivity index is 1.89. The summed E-state index contributed by atoms with van der Waals surface area (Å²) in [5.74, 6) is 0.697. The zero-order valence-electron chi connectivity index (χ0n) is 11.2. The van der Waals surface area contributed by atoms with Gasteiger partial charge < -0.3 is 14.3 Å². The molecule has 104 valence electrons. The summed E-state index contributed by atoms with van der Waals surface area (Å²) in [4.78, 5) is 28.1. The zero-order valence-corrected chi connectivity index (χ0v) is 11.2. The number of pyridine rings is 1. The number of rotatable bonds is 4. The molecule has 3 rings (SSSR count). The number of aromatic amines is 1. The lowest BCUT2D eigenvalue weighted by atomic mass is 10.1. The van der Waals surface area contributed by atoms with E-state index >= 15 is 0 Å². The molecule has 0 aliphatic heterocycles. The lowest BCUT2D eigenvalue weighted by Crippen LogP contribution is -2.35. The third-order valence-electron chi connectivity index (χ3n) is 3.58. The number of carbonyl (C=O) groups is 1. The molecule has 1 fully saturated rings.